The van der Waals surface area contributed by atoms with Gasteiger partial charge in [0, 0.05) is 18.3 Å². The van der Waals surface area contributed by atoms with Gasteiger partial charge in [0.1, 0.15) is 5.82 Å². The lowest BCUT2D eigenvalue weighted by Crippen LogP contribution is -2.48. The van der Waals surface area contributed by atoms with Crippen molar-refractivity contribution in [1.82, 2.24) is 10.2 Å². The van der Waals surface area contributed by atoms with Gasteiger partial charge in [-0.25, -0.2) is 9.18 Å². The van der Waals surface area contributed by atoms with E-state index in [0.717, 1.165) is 63.7 Å². The van der Waals surface area contributed by atoms with Crippen molar-refractivity contribution >= 4 is 11.7 Å². The second-order valence-electron chi connectivity index (χ2n) is 9.96. The number of urea groups is 1. The van der Waals surface area contributed by atoms with Gasteiger partial charge >= 0.3 is 6.03 Å². The Hall–Kier alpha value is -2.91. The third kappa shape index (κ3) is 4.60. The summed E-state index contributed by atoms with van der Waals surface area (Å²) in [6.45, 7) is 2.74. The van der Waals surface area contributed by atoms with E-state index >= 15 is 0 Å². The number of anilines is 1. The Morgan fingerprint density at radius 1 is 1.18 bits per heavy atom. The standard InChI is InChI=1S/C27H31FN4O/c28-23-5-2-6-24(15-23)31-26(33)32(18-19-8-11-30-12-9-19)25-7-10-27(16-22(27)14-25)21-4-1-3-20(13-21)17-29/h1-6,13,15,19,22,25,30H,7-12,14,16,18H2,(H,31,33)/t22?,25-,27-/m1/s1. The summed E-state index contributed by atoms with van der Waals surface area (Å²) in [6, 6.07) is 16.5. The first-order valence-electron chi connectivity index (χ1n) is 12.1. The number of nitrogens with one attached hydrogen (secondary N) is 2. The quantitative estimate of drug-likeness (QED) is 0.676. The molecule has 0 radical (unpaired) electrons. The maximum Gasteiger partial charge on any atom is 0.322 e. The van der Waals surface area contributed by atoms with E-state index in [4.69, 9.17) is 0 Å². The van der Waals surface area contributed by atoms with Gasteiger partial charge in [0.15, 0.2) is 0 Å². The van der Waals surface area contributed by atoms with E-state index in [-0.39, 0.29) is 23.3 Å². The zero-order valence-electron chi connectivity index (χ0n) is 18.9. The van der Waals surface area contributed by atoms with Crippen molar-refractivity contribution in [2.24, 2.45) is 11.8 Å². The van der Waals surface area contributed by atoms with E-state index in [1.165, 1.54) is 17.7 Å². The molecule has 172 valence electrons. The Morgan fingerprint density at radius 2 is 2.00 bits per heavy atom. The van der Waals surface area contributed by atoms with E-state index in [2.05, 4.69) is 22.8 Å². The number of carbonyl (C=O) groups excluding carboxylic acids is 1. The van der Waals surface area contributed by atoms with Gasteiger partial charge in [-0.05, 0) is 105 Å². The van der Waals surface area contributed by atoms with Crippen LogP contribution in [0.1, 0.15) is 49.7 Å². The summed E-state index contributed by atoms with van der Waals surface area (Å²) < 4.78 is 13.7. The zero-order chi connectivity index (χ0) is 22.8. The Bertz CT molecular complexity index is 1060. The second-order valence-corrected chi connectivity index (χ2v) is 9.96. The Labute approximate surface area is 195 Å². The van der Waals surface area contributed by atoms with Gasteiger partial charge in [0.2, 0.25) is 0 Å². The van der Waals surface area contributed by atoms with Crippen molar-refractivity contribution < 1.29 is 9.18 Å². The molecular weight excluding hydrogens is 415 g/mol. The van der Waals surface area contributed by atoms with E-state index in [9.17, 15) is 14.4 Å². The number of fused-ring (bicyclic) bond motifs is 1. The molecule has 0 aromatic heterocycles. The molecule has 3 atom stereocenters. The van der Waals surface area contributed by atoms with Crippen LogP contribution in [0.4, 0.5) is 14.9 Å². The van der Waals surface area contributed by atoms with Crippen molar-refractivity contribution in [3.63, 3.8) is 0 Å². The largest absolute Gasteiger partial charge is 0.322 e. The Balaban J connectivity index is 1.31. The molecule has 2 aromatic rings. The van der Waals surface area contributed by atoms with Gasteiger partial charge in [-0.1, -0.05) is 18.2 Å². The van der Waals surface area contributed by atoms with Crippen molar-refractivity contribution in [2.75, 3.05) is 25.0 Å². The molecule has 1 unspecified atom stereocenters. The summed E-state index contributed by atoms with van der Waals surface area (Å²) >= 11 is 0. The number of nitriles is 1. The van der Waals surface area contributed by atoms with Gasteiger partial charge in [-0.3, -0.25) is 0 Å². The smallest absolute Gasteiger partial charge is 0.321 e. The number of halogens is 1. The summed E-state index contributed by atoms with van der Waals surface area (Å²) in [5, 5.41) is 15.7. The first-order chi connectivity index (χ1) is 16.1. The molecule has 1 aliphatic heterocycles. The average Bonchev–Trinajstić information content (AvgIpc) is 3.58. The van der Waals surface area contributed by atoms with Crippen molar-refractivity contribution in [3.05, 3.63) is 65.5 Å². The molecule has 5 nitrogen and oxygen atoms in total. The zero-order valence-corrected chi connectivity index (χ0v) is 18.9. The number of hydrogen-bond acceptors (Lipinski definition) is 3. The molecule has 0 spiro atoms. The molecule has 1 saturated heterocycles. The fraction of sp³-hybridized carbons (Fsp3) is 0.481. The van der Waals surface area contributed by atoms with Crippen LogP contribution >= 0.6 is 0 Å². The first-order valence-corrected chi connectivity index (χ1v) is 12.1. The summed E-state index contributed by atoms with van der Waals surface area (Å²) in [7, 11) is 0. The number of hydrogen-bond donors (Lipinski definition) is 2. The molecule has 3 aliphatic rings. The fourth-order valence-electron chi connectivity index (χ4n) is 6.05. The van der Waals surface area contributed by atoms with Crippen LogP contribution in [0.2, 0.25) is 0 Å². The summed E-state index contributed by atoms with van der Waals surface area (Å²) in [4.78, 5) is 15.4. The minimum Gasteiger partial charge on any atom is -0.321 e. The average molecular weight is 447 g/mol. The highest BCUT2D eigenvalue weighted by Crippen LogP contribution is 2.63. The molecule has 2 amide bonds. The van der Waals surface area contributed by atoms with Crippen LogP contribution in [-0.4, -0.2) is 36.6 Å². The van der Waals surface area contributed by atoms with Crippen LogP contribution in [0, 0.1) is 29.0 Å². The van der Waals surface area contributed by atoms with E-state index in [1.54, 1.807) is 12.1 Å². The summed E-state index contributed by atoms with van der Waals surface area (Å²) in [5.41, 5.74) is 2.67. The van der Waals surface area contributed by atoms with Gasteiger partial charge in [0.25, 0.3) is 0 Å². The second kappa shape index (κ2) is 9.15. The van der Waals surface area contributed by atoms with Crippen LogP contribution in [0.3, 0.4) is 0 Å². The number of rotatable bonds is 5. The monoisotopic (exact) mass is 446 g/mol. The third-order valence-electron chi connectivity index (χ3n) is 7.97. The van der Waals surface area contributed by atoms with Gasteiger partial charge in [-0.15, -0.1) is 0 Å². The van der Waals surface area contributed by atoms with Crippen LogP contribution in [0.25, 0.3) is 0 Å². The lowest BCUT2D eigenvalue weighted by molar-refractivity contribution is 0.139. The topological polar surface area (TPSA) is 68.2 Å². The molecule has 2 saturated carbocycles. The Kier molecular flexibility index (Phi) is 6.07. The molecule has 33 heavy (non-hydrogen) atoms. The highest BCUT2D eigenvalue weighted by molar-refractivity contribution is 5.89. The molecule has 2 aromatic carbocycles. The van der Waals surface area contributed by atoms with Crippen molar-refractivity contribution in [2.45, 2.75) is 50.0 Å². The maximum atomic E-state index is 13.7. The molecule has 3 fully saturated rings. The highest BCUT2D eigenvalue weighted by atomic mass is 19.1. The van der Waals surface area contributed by atoms with Crippen LogP contribution in [0.5, 0.6) is 0 Å². The molecule has 0 bridgehead atoms. The molecule has 5 rings (SSSR count). The maximum absolute atomic E-state index is 13.7. The summed E-state index contributed by atoms with van der Waals surface area (Å²) in [6.07, 6.45) is 6.25. The van der Waals surface area contributed by atoms with Crippen molar-refractivity contribution in [1.29, 1.82) is 5.26 Å². The van der Waals surface area contributed by atoms with Crippen LogP contribution in [0.15, 0.2) is 48.5 Å². The number of carbonyl (C=O) groups is 1. The number of piperidine rings is 1. The minimum atomic E-state index is -0.349. The number of nitrogens with zero attached hydrogens (tertiary/aromatic N) is 2. The van der Waals surface area contributed by atoms with Gasteiger partial charge in [-0.2, -0.15) is 5.26 Å². The number of benzene rings is 2. The van der Waals surface area contributed by atoms with E-state index in [0.29, 0.717) is 17.5 Å². The van der Waals surface area contributed by atoms with E-state index < -0.39 is 0 Å². The van der Waals surface area contributed by atoms with Crippen LogP contribution < -0.4 is 10.6 Å². The Morgan fingerprint density at radius 3 is 2.76 bits per heavy atom. The fourth-order valence-corrected chi connectivity index (χ4v) is 6.05. The third-order valence-corrected chi connectivity index (χ3v) is 7.97. The molecule has 1 heterocycles. The van der Waals surface area contributed by atoms with Crippen LogP contribution in [-0.2, 0) is 5.41 Å². The normalized spacial score (nSPS) is 26.7. The predicted molar refractivity (Wildman–Crippen MR) is 126 cm³/mol. The van der Waals surface area contributed by atoms with Crippen molar-refractivity contribution in [3.8, 4) is 6.07 Å². The van der Waals surface area contributed by atoms with Gasteiger partial charge in [0.05, 0.1) is 11.6 Å². The molecule has 6 heteroatoms. The lowest BCUT2D eigenvalue weighted by atomic mass is 9.79. The molecule has 2 N–H and O–H groups in total. The van der Waals surface area contributed by atoms with Gasteiger partial charge < -0.3 is 15.5 Å². The predicted octanol–water partition coefficient (Wildman–Crippen LogP) is 5.04. The number of amides is 2. The van der Waals surface area contributed by atoms with E-state index in [1.807, 2.05) is 23.1 Å². The molecular formula is C27H31FN4O. The SMILES string of the molecule is N#Cc1cccc([C@]23CC[C@@H](N(CC4CCNCC4)C(=O)Nc4cccc(F)c4)CC2C3)c1. The summed E-state index contributed by atoms with van der Waals surface area (Å²) in [5.74, 6) is 0.683. The highest BCUT2D eigenvalue weighted by Gasteiger charge is 2.58. The molecule has 2 aliphatic carbocycles. The first kappa shape index (κ1) is 21.9. The lowest BCUT2D eigenvalue weighted by Gasteiger charge is -2.39. The minimum absolute atomic E-state index is 0.122.